The zero-order chi connectivity index (χ0) is 18.2. The average molecular weight is 414 g/mol. The van der Waals surface area contributed by atoms with Gasteiger partial charge in [0.15, 0.2) is 0 Å². The summed E-state index contributed by atoms with van der Waals surface area (Å²) >= 11 is 3.57. The summed E-state index contributed by atoms with van der Waals surface area (Å²) in [6, 6.07) is 23.1. The highest BCUT2D eigenvalue weighted by Crippen LogP contribution is 2.26. The molecule has 0 aliphatic heterocycles. The van der Waals surface area contributed by atoms with Gasteiger partial charge in [0, 0.05) is 6.54 Å². The highest BCUT2D eigenvalue weighted by atomic mass is 79.9. The zero-order valence-corrected chi connectivity index (χ0v) is 16.0. The first-order valence-corrected chi connectivity index (χ1v) is 9.41. The maximum absolute atomic E-state index is 13.6. The van der Waals surface area contributed by atoms with Crippen molar-refractivity contribution in [3.8, 4) is 5.75 Å². The van der Waals surface area contributed by atoms with Gasteiger partial charge in [-0.1, -0.05) is 54.6 Å². The first kappa shape index (κ1) is 18.6. The summed E-state index contributed by atoms with van der Waals surface area (Å²) in [5.41, 5.74) is 3.03. The van der Waals surface area contributed by atoms with Gasteiger partial charge in [0.25, 0.3) is 0 Å². The van der Waals surface area contributed by atoms with Gasteiger partial charge in [-0.05, 0) is 63.8 Å². The highest BCUT2D eigenvalue weighted by Gasteiger charge is 2.04. The van der Waals surface area contributed by atoms with E-state index in [0.717, 1.165) is 40.0 Å². The minimum absolute atomic E-state index is 0.142. The fraction of sp³-hybridized carbons (Fsp3) is 0.182. The van der Waals surface area contributed by atoms with E-state index < -0.39 is 0 Å². The van der Waals surface area contributed by atoms with Gasteiger partial charge in [-0.2, -0.15) is 0 Å². The maximum Gasteiger partial charge on any atom is 0.134 e. The molecular weight excluding hydrogens is 393 g/mol. The van der Waals surface area contributed by atoms with Gasteiger partial charge in [0.05, 0.1) is 4.47 Å². The van der Waals surface area contributed by atoms with Gasteiger partial charge in [-0.15, -0.1) is 0 Å². The van der Waals surface area contributed by atoms with Crippen LogP contribution in [0.5, 0.6) is 5.75 Å². The van der Waals surface area contributed by atoms with E-state index in [0.29, 0.717) is 13.0 Å². The maximum atomic E-state index is 13.6. The van der Waals surface area contributed by atoms with Crippen LogP contribution in [0.4, 0.5) is 4.39 Å². The first-order chi connectivity index (χ1) is 12.7. The second-order valence-electron chi connectivity index (χ2n) is 6.06. The molecule has 2 nitrogen and oxygen atoms in total. The van der Waals surface area contributed by atoms with E-state index in [1.165, 1.54) is 6.07 Å². The quantitative estimate of drug-likeness (QED) is 0.492. The average Bonchev–Trinajstić information content (AvgIpc) is 2.67. The van der Waals surface area contributed by atoms with Crippen LogP contribution in [0, 0.1) is 5.82 Å². The van der Waals surface area contributed by atoms with E-state index in [2.05, 4.69) is 27.3 Å². The molecular formula is C22H21BrFNO. The van der Waals surface area contributed by atoms with Gasteiger partial charge in [-0.3, -0.25) is 0 Å². The number of ether oxygens (including phenoxy) is 1. The van der Waals surface area contributed by atoms with Crippen molar-refractivity contribution in [2.75, 3.05) is 6.54 Å². The van der Waals surface area contributed by atoms with Crippen molar-refractivity contribution in [2.45, 2.75) is 19.6 Å². The molecule has 0 unspecified atom stereocenters. The van der Waals surface area contributed by atoms with Crippen molar-refractivity contribution in [1.29, 1.82) is 0 Å². The second kappa shape index (κ2) is 9.51. The summed E-state index contributed by atoms with van der Waals surface area (Å²) in [4.78, 5) is 0. The molecule has 3 rings (SSSR count). The molecule has 3 aromatic carbocycles. The molecule has 0 fully saturated rings. The molecule has 0 atom stereocenters. The van der Waals surface area contributed by atoms with Gasteiger partial charge in [0.2, 0.25) is 0 Å². The van der Waals surface area contributed by atoms with Crippen LogP contribution in [0.1, 0.15) is 16.7 Å². The Labute approximate surface area is 162 Å². The Morgan fingerprint density at radius 2 is 1.65 bits per heavy atom. The molecule has 0 aliphatic rings. The van der Waals surface area contributed by atoms with Crippen LogP contribution in [0.25, 0.3) is 0 Å². The Bertz CT molecular complexity index is 839. The first-order valence-electron chi connectivity index (χ1n) is 8.61. The van der Waals surface area contributed by atoms with E-state index >= 15 is 0 Å². The number of hydrogen-bond donors (Lipinski definition) is 1. The lowest BCUT2D eigenvalue weighted by Crippen LogP contribution is -2.17. The van der Waals surface area contributed by atoms with Crippen molar-refractivity contribution < 1.29 is 9.13 Å². The van der Waals surface area contributed by atoms with Crippen molar-refractivity contribution in [3.05, 3.63) is 99.8 Å². The predicted molar refractivity (Wildman–Crippen MR) is 107 cm³/mol. The zero-order valence-electron chi connectivity index (χ0n) is 14.4. The lowest BCUT2D eigenvalue weighted by Gasteiger charge is -2.11. The van der Waals surface area contributed by atoms with Crippen LogP contribution in [-0.2, 0) is 19.6 Å². The lowest BCUT2D eigenvalue weighted by molar-refractivity contribution is 0.304. The smallest absolute Gasteiger partial charge is 0.134 e. The summed E-state index contributed by atoms with van der Waals surface area (Å²) in [6.45, 7) is 2.00. The molecule has 0 aliphatic carbocycles. The van der Waals surface area contributed by atoms with Crippen LogP contribution in [0.3, 0.4) is 0 Å². The van der Waals surface area contributed by atoms with Crippen LogP contribution in [-0.4, -0.2) is 6.54 Å². The van der Waals surface area contributed by atoms with Gasteiger partial charge >= 0.3 is 0 Å². The summed E-state index contributed by atoms with van der Waals surface area (Å²) in [7, 11) is 0. The van der Waals surface area contributed by atoms with Gasteiger partial charge < -0.3 is 10.1 Å². The van der Waals surface area contributed by atoms with Gasteiger partial charge in [-0.25, -0.2) is 4.39 Å². The normalized spacial score (nSPS) is 10.7. The molecule has 0 saturated heterocycles. The van der Waals surface area contributed by atoms with E-state index in [1.807, 2.05) is 54.6 Å². The van der Waals surface area contributed by atoms with Crippen LogP contribution < -0.4 is 10.1 Å². The fourth-order valence-corrected chi connectivity index (χ4v) is 3.20. The SMILES string of the molecule is Fc1ccccc1CCNCc1ccc(OCc2ccccc2)c(Br)c1. The molecule has 26 heavy (non-hydrogen) atoms. The number of hydrogen-bond acceptors (Lipinski definition) is 2. The summed E-state index contributed by atoms with van der Waals surface area (Å²) in [5, 5.41) is 3.35. The van der Waals surface area contributed by atoms with Crippen molar-refractivity contribution in [2.24, 2.45) is 0 Å². The van der Waals surface area contributed by atoms with Gasteiger partial charge in [0.1, 0.15) is 18.2 Å². The van der Waals surface area contributed by atoms with Crippen molar-refractivity contribution in [1.82, 2.24) is 5.32 Å². The molecule has 0 saturated carbocycles. The predicted octanol–water partition coefficient (Wildman–Crippen LogP) is 5.50. The van der Waals surface area contributed by atoms with E-state index in [1.54, 1.807) is 6.07 Å². The van der Waals surface area contributed by atoms with E-state index in [9.17, 15) is 4.39 Å². The molecule has 0 aromatic heterocycles. The molecule has 0 spiro atoms. The minimum Gasteiger partial charge on any atom is -0.488 e. The Morgan fingerprint density at radius 3 is 2.42 bits per heavy atom. The fourth-order valence-electron chi connectivity index (χ4n) is 2.66. The Hall–Kier alpha value is -2.17. The molecule has 0 bridgehead atoms. The number of rotatable bonds is 8. The van der Waals surface area contributed by atoms with E-state index in [4.69, 9.17) is 4.74 Å². The minimum atomic E-state index is -0.142. The molecule has 0 radical (unpaired) electrons. The Morgan fingerprint density at radius 1 is 0.885 bits per heavy atom. The third-order valence-electron chi connectivity index (χ3n) is 4.09. The molecule has 4 heteroatoms. The third kappa shape index (κ3) is 5.41. The second-order valence-corrected chi connectivity index (χ2v) is 6.91. The number of halogens is 2. The molecule has 0 amide bonds. The Balaban J connectivity index is 1.47. The topological polar surface area (TPSA) is 21.3 Å². The molecule has 134 valence electrons. The van der Waals surface area contributed by atoms with Crippen LogP contribution >= 0.6 is 15.9 Å². The molecule has 1 N–H and O–H groups in total. The van der Waals surface area contributed by atoms with Crippen molar-refractivity contribution in [3.63, 3.8) is 0 Å². The number of benzene rings is 3. The Kier molecular flexibility index (Phi) is 6.81. The van der Waals surface area contributed by atoms with E-state index in [-0.39, 0.29) is 5.82 Å². The van der Waals surface area contributed by atoms with Crippen molar-refractivity contribution >= 4 is 15.9 Å². The molecule has 0 heterocycles. The summed E-state index contributed by atoms with van der Waals surface area (Å²) in [6.07, 6.45) is 0.673. The molecule has 3 aromatic rings. The van der Waals surface area contributed by atoms with Crippen LogP contribution in [0.15, 0.2) is 77.3 Å². The third-order valence-corrected chi connectivity index (χ3v) is 4.71. The monoisotopic (exact) mass is 413 g/mol. The lowest BCUT2D eigenvalue weighted by atomic mass is 10.1. The summed E-state index contributed by atoms with van der Waals surface area (Å²) in [5.74, 6) is 0.681. The van der Waals surface area contributed by atoms with Crippen LogP contribution in [0.2, 0.25) is 0 Å². The largest absolute Gasteiger partial charge is 0.488 e. The highest BCUT2D eigenvalue weighted by molar-refractivity contribution is 9.10. The number of nitrogens with one attached hydrogen (secondary N) is 1. The summed E-state index contributed by atoms with van der Waals surface area (Å²) < 4.78 is 20.4. The standard InChI is InChI=1S/C22H21BrFNO/c23-20-14-18(15-25-13-12-19-8-4-5-9-21(19)24)10-11-22(20)26-16-17-6-2-1-3-7-17/h1-11,14,25H,12-13,15-16H2.